The molecule has 1 aliphatic rings. The van der Waals surface area contributed by atoms with Gasteiger partial charge in [0.1, 0.15) is 11.1 Å². The Balaban J connectivity index is 1.61. The second-order valence-electron chi connectivity index (χ2n) is 7.16. The molecule has 1 amide bonds. The van der Waals surface area contributed by atoms with E-state index in [2.05, 4.69) is 20.2 Å². The maximum absolute atomic E-state index is 13.0. The minimum atomic E-state index is -0.406. The molecule has 0 aliphatic carbocycles. The van der Waals surface area contributed by atoms with Crippen LogP contribution in [0.1, 0.15) is 16.2 Å². The van der Waals surface area contributed by atoms with E-state index >= 15 is 0 Å². The van der Waals surface area contributed by atoms with Gasteiger partial charge in [0.15, 0.2) is 11.4 Å². The van der Waals surface area contributed by atoms with Gasteiger partial charge in [-0.25, -0.2) is 9.97 Å². The van der Waals surface area contributed by atoms with Crippen LogP contribution in [0.2, 0.25) is 5.02 Å². The molecule has 2 aromatic heterocycles. The number of ether oxygens (including phenoxy) is 1. The molecule has 30 heavy (non-hydrogen) atoms. The van der Waals surface area contributed by atoms with E-state index in [9.17, 15) is 4.79 Å². The van der Waals surface area contributed by atoms with E-state index in [0.29, 0.717) is 59.5 Å². The number of carbonyl (C=O) groups excluding carboxylic acids is 1. The molecule has 1 N–H and O–H groups in total. The van der Waals surface area contributed by atoms with Gasteiger partial charge in [-0.05, 0) is 36.8 Å². The molecule has 152 valence electrons. The van der Waals surface area contributed by atoms with Crippen molar-refractivity contribution >= 4 is 51.1 Å². The van der Waals surface area contributed by atoms with E-state index in [1.165, 1.54) is 0 Å². The highest BCUT2D eigenvalue weighted by molar-refractivity contribution is 6.31. The van der Waals surface area contributed by atoms with E-state index in [4.69, 9.17) is 20.8 Å². The lowest BCUT2D eigenvalue weighted by Gasteiger charge is -2.27. The summed E-state index contributed by atoms with van der Waals surface area (Å²) in [4.78, 5) is 24.2. The highest BCUT2D eigenvalue weighted by Gasteiger charge is 2.24. The fourth-order valence-corrected chi connectivity index (χ4v) is 3.71. The average Bonchev–Trinajstić information content (AvgIpc) is 3.15. The lowest BCUT2D eigenvalue weighted by molar-refractivity contribution is 0.101. The minimum Gasteiger partial charge on any atom is -0.450 e. The number of aryl methyl sites for hydroxylation is 1. The molecule has 0 atom stereocenters. The van der Waals surface area contributed by atoms with Gasteiger partial charge in [-0.2, -0.15) is 0 Å². The first-order valence-corrected chi connectivity index (χ1v) is 10.1. The summed E-state index contributed by atoms with van der Waals surface area (Å²) in [5.74, 6) is 0.274. The maximum Gasteiger partial charge on any atom is 0.293 e. The van der Waals surface area contributed by atoms with Crippen LogP contribution in [-0.4, -0.2) is 42.2 Å². The molecule has 8 heteroatoms. The summed E-state index contributed by atoms with van der Waals surface area (Å²) in [6.45, 7) is 4.42. The van der Waals surface area contributed by atoms with Crippen LogP contribution in [0.15, 0.2) is 46.9 Å². The first-order chi connectivity index (χ1) is 14.6. The van der Waals surface area contributed by atoms with Crippen LogP contribution in [0.4, 0.5) is 11.5 Å². The first kappa shape index (κ1) is 18.8. The standard InChI is InChI=1S/C22H19ClN4O3/c1-13-6-7-14(12-16(13)23)24-22(28)20-25-18-15-4-2-3-5-17(15)30-19(18)21(26-20)27-8-10-29-11-9-27/h2-7,12H,8-11H2,1H3,(H,24,28). The number of para-hydroxylation sites is 1. The van der Waals surface area contributed by atoms with E-state index in [0.717, 1.165) is 10.9 Å². The zero-order valence-electron chi connectivity index (χ0n) is 16.3. The van der Waals surface area contributed by atoms with Gasteiger partial charge in [-0.15, -0.1) is 0 Å². The Bertz CT molecular complexity index is 1260. The van der Waals surface area contributed by atoms with Gasteiger partial charge >= 0.3 is 0 Å². The molecule has 1 fully saturated rings. The molecule has 0 unspecified atom stereocenters. The summed E-state index contributed by atoms with van der Waals surface area (Å²) in [5.41, 5.74) is 3.43. The van der Waals surface area contributed by atoms with Crippen molar-refractivity contribution in [1.29, 1.82) is 0 Å². The highest BCUT2D eigenvalue weighted by Crippen LogP contribution is 2.33. The van der Waals surface area contributed by atoms with E-state index in [-0.39, 0.29) is 5.82 Å². The number of furan rings is 1. The number of benzene rings is 2. The molecular formula is C22H19ClN4O3. The summed E-state index contributed by atoms with van der Waals surface area (Å²) < 4.78 is 11.5. The number of nitrogens with one attached hydrogen (secondary N) is 1. The number of anilines is 2. The first-order valence-electron chi connectivity index (χ1n) is 9.69. The molecule has 4 aromatic rings. The number of hydrogen-bond donors (Lipinski definition) is 1. The van der Waals surface area contributed by atoms with Crippen molar-refractivity contribution in [3.8, 4) is 0 Å². The van der Waals surface area contributed by atoms with E-state index in [1.54, 1.807) is 12.1 Å². The molecule has 7 nitrogen and oxygen atoms in total. The number of morpholine rings is 1. The zero-order valence-corrected chi connectivity index (χ0v) is 17.1. The summed E-state index contributed by atoms with van der Waals surface area (Å²) >= 11 is 6.19. The lowest BCUT2D eigenvalue weighted by atomic mass is 10.2. The Morgan fingerprint density at radius 3 is 2.73 bits per heavy atom. The number of fused-ring (bicyclic) bond motifs is 3. The molecule has 0 radical (unpaired) electrons. The van der Waals surface area contributed by atoms with Crippen molar-refractivity contribution in [1.82, 2.24) is 9.97 Å². The highest BCUT2D eigenvalue weighted by atomic mass is 35.5. The van der Waals surface area contributed by atoms with Crippen LogP contribution in [0, 0.1) is 6.92 Å². The molecular weight excluding hydrogens is 404 g/mol. The zero-order chi connectivity index (χ0) is 20.7. The van der Waals surface area contributed by atoms with E-state index < -0.39 is 5.91 Å². The molecule has 5 rings (SSSR count). The summed E-state index contributed by atoms with van der Waals surface area (Å²) in [5, 5.41) is 4.27. The van der Waals surface area contributed by atoms with Crippen molar-refractivity contribution in [2.45, 2.75) is 6.92 Å². The number of nitrogens with zero attached hydrogens (tertiary/aromatic N) is 3. The topological polar surface area (TPSA) is 80.5 Å². The Kier molecular flexibility index (Phi) is 4.77. The van der Waals surface area contributed by atoms with E-state index in [1.807, 2.05) is 37.3 Å². The van der Waals surface area contributed by atoms with Gasteiger partial charge in [0.25, 0.3) is 5.91 Å². The minimum absolute atomic E-state index is 0.0762. The van der Waals surface area contributed by atoms with Gasteiger partial charge in [0.05, 0.1) is 13.2 Å². The van der Waals surface area contributed by atoms with Crippen molar-refractivity contribution in [2.24, 2.45) is 0 Å². The summed E-state index contributed by atoms with van der Waals surface area (Å²) in [7, 11) is 0. The normalized spacial score (nSPS) is 14.4. The predicted octanol–water partition coefficient (Wildman–Crippen LogP) is 4.43. The maximum atomic E-state index is 13.0. The summed E-state index contributed by atoms with van der Waals surface area (Å²) in [6.07, 6.45) is 0. The van der Waals surface area contributed by atoms with Crippen LogP contribution in [-0.2, 0) is 4.74 Å². The fraction of sp³-hybridized carbons (Fsp3) is 0.227. The van der Waals surface area contributed by atoms with Gasteiger partial charge in [-0.1, -0.05) is 29.8 Å². The van der Waals surface area contributed by atoms with Gasteiger partial charge in [0.2, 0.25) is 5.82 Å². The number of amides is 1. The number of hydrogen-bond acceptors (Lipinski definition) is 6. The van der Waals surface area contributed by atoms with Crippen molar-refractivity contribution in [2.75, 3.05) is 36.5 Å². The van der Waals surface area contributed by atoms with Crippen molar-refractivity contribution < 1.29 is 13.9 Å². The number of carbonyl (C=O) groups is 1. The third-order valence-corrected chi connectivity index (χ3v) is 5.55. The van der Waals surface area contributed by atoms with Gasteiger partial charge in [0, 0.05) is 29.2 Å². The van der Waals surface area contributed by atoms with Crippen molar-refractivity contribution in [3.05, 3.63) is 58.9 Å². The second kappa shape index (κ2) is 7.59. The van der Waals surface area contributed by atoms with Crippen LogP contribution >= 0.6 is 11.6 Å². The lowest BCUT2D eigenvalue weighted by Crippen LogP contribution is -2.37. The quantitative estimate of drug-likeness (QED) is 0.526. The smallest absolute Gasteiger partial charge is 0.293 e. The Morgan fingerprint density at radius 1 is 1.13 bits per heavy atom. The molecule has 1 saturated heterocycles. The van der Waals surface area contributed by atoms with Crippen LogP contribution in [0.3, 0.4) is 0 Å². The summed E-state index contributed by atoms with van der Waals surface area (Å²) in [6, 6.07) is 13.0. The monoisotopic (exact) mass is 422 g/mol. The Morgan fingerprint density at radius 2 is 1.93 bits per heavy atom. The average molecular weight is 423 g/mol. The van der Waals surface area contributed by atoms with Crippen LogP contribution in [0.5, 0.6) is 0 Å². The second-order valence-corrected chi connectivity index (χ2v) is 7.57. The number of rotatable bonds is 3. The SMILES string of the molecule is Cc1ccc(NC(=O)c2nc(N3CCOCC3)c3oc4ccccc4c3n2)cc1Cl. The van der Waals surface area contributed by atoms with Crippen molar-refractivity contribution in [3.63, 3.8) is 0 Å². The molecule has 0 spiro atoms. The third kappa shape index (κ3) is 3.36. The predicted molar refractivity (Wildman–Crippen MR) is 116 cm³/mol. The number of halogens is 1. The Labute approximate surface area is 177 Å². The molecule has 1 aliphatic heterocycles. The van der Waals surface area contributed by atoms with Crippen LogP contribution < -0.4 is 10.2 Å². The third-order valence-electron chi connectivity index (χ3n) is 5.15. The largest absolute Gasteiger partial charge is 0.450 e. The molecule has 3 heterocycles. The van der Waals surface area contributed by atoms with Crippen LogP contribution in [0.25, 0.3) is 22.1 Å². The molecule has 0 bridgehead atoms. The fourth-order valence-electron chi connectivity index (χ4n) is 3.53. The molecule has 0 saturated carbocycles. The molecule has 2 aromatic carbocycles. The number of aromatic nitrogens is 2. The van der Waals surface area contributed by atoms with Gasteiger partial charge < -0.3 is 19.4 Å². The Hall–Kier alpha value is -3.16. The van der Waals surface area contributed by atoms with Gasteiger partial charge in [-0.3, -0.25) is 4.79 Å².